The molecule has 210 valence electrons. The van der Waals surface area contributed by atoms with E-state index in [2.05, 4.69) is 161 Å². The smallest absolute Gasteiger partial charge is 0.00208 e. The van der Waals surface area contributed by atoms with Gasteiger partial charge in [0, 0.05) is 0 Å². The van der Waals surface area contributed by atoms with Gasteiger partial charge in [0.05, 0.1) is 0 Å². The summed E-state index contributed by atoms with van der Waals surface area (Å²) in [4.78, 5) is 0. The van der Waals surface area contributed by atoms with Crippen molar-refractivity contribution in [2.75, 3.05) is 0 Å². The maximum atomic E-state index is 2.39. The van der Waals surface area contributed by atoms with Gasteiger partial charge in [0.2, 0.25) is 0 Å². The largest absolute Gasteiger partial charge is 0.0616 e. The van der Waals surface area contributed by atoms with E-state index in [1.165, 1.54) is 98.7 Å². The van der Waals surface area contributed by atoms with E-state index in [4.69, 9.17) is 0 Å². The van der Waals surface area contributed by atoms with Gasteiger partial charge in [-0.1, -0.05) is 133 Å². The van der Waals surface area contributed by atoms with Gasteiger partial charge >= 0.3 is 0 Å². The summed E-state index contributed by atoms with van der Waals surface area (Å²) >= 11 is 0. The van der Waals surface area contributed by atoms with Crippen LogP contribution in [0.4, 0.5) is 0 Å². The zero-order valence-corrected chi connectivity index (χ0v) is 25.7. The standard InChI is InChI=1S/C44H34/c1-27-25-33(36-23-13-16-31-14-5-8-18-35(31)36)26-28(2)41(27)43-37-19-9-11-21-39(37)44(40-22-12-10-20-38(40)43)42-29(3)24-32-15-6-7-17-34(32)30(42)4/h5-26H,1-4H3. The molecule has 0 atom stereocenters. The summed E-state index contributed by atoms with van der Waals surface area (Å²) in [5.41, 5.74) is 13.2. The van der Waals surface area contributed by atoms with Gasteiger partial charge in [-0.15, -0.1) is 0 Å². The quantitative estimate of drug-likeness (QED) is 0.188. The van der Waals surface area contributed by atoms with Crippen LogP contribution in [0.3, 0.4) is 0 Å². The van der Waals surface area contributed by atoms with Crippen LogP contribution in [0.5, 0.6) is 0 Å². The fourth-order valence-corrected chi connectivity index (χ4v) is 7.74. The molecule has 0 aliphatic heterocycles. The molecule has 0 heterocycles. The molecule has 8 aromatic carbocycles. The molecular weight excluding hydrogens is 528 g/mol. The lowest BCUT2D eigenvalue weighted by Crippen LogP contribution is -1.97. The van der Waals surface area contributed by atoms with Crippen molar-refractivity contribution < 1.29 is 0 Å². The van der Waals surface area contributed by atoms with Crippen LogP contribution in [-0.2, 0) is 0 Å². The van der Waals surface area contributed by atoms with Crippen molar-refractivity contribution in [1.29, 1.82) is 0 Å². The number of rotatable bonds is 3. The third kappa shape index (κ3) is 3.98. The number of hydrogen-bond donors (Lipinski definition) is 0. The molecule has 0 radical (unpaired) electrons. The summed E-state index contributed by atoms with van der Waals surface area (Å²) in [6, 6.07) is 49.3. The second kappa shape index (κ2) is 10.2. The highest BCUT2D eigenvalue weighted by atomic mass is 14.2. The lowest BCUT2D eigenvalue weighted by Gasteiger charge is -2.23. The predicted octanol–water partition coefficient (Wildman–Crippen LogP) is 12.5. The Morgan fingerprint density at radius 3 is 1.34 bits per heavy atom. The summed E-state index contributed by atoms with van der Waals surface area (Å²) in [5, 5.41) is 10.4. The van der Waals surface area contributed by atoms with E-state index < -0.39 is 0 Å². The highest BCUT2D eigenvalue weighted by molar-refractivity contribution is 6.23. The van der Waals surface area contributed by atoms with Crippen molar-refractivity contribution in [2.24, 2.45) is 0 Å². The minimum absolute atomic E-state index is 1.27. The molecule has 0 nitrogen and oxygen atoms in total. The molecule has 8 aromatic rings. The first-order chi connectivity index (χ1) is 21.5. The van der Waals surface area contributed by atoms with Crippen LogP contribution >= 0.6 is 0 Å². The first-order valence-electron chi connectivity index (χ1n) is 15.5. The van der Waals surface area contributed by atoms with Gasteiger partial charge in [-0.2, -0.15) is 0 Å². The van der Waals surface area contributed by atoms with Crippen LogP contribution in [0.15, 0.2) is 133 Å². The van der Waals surface area contributed by atoms with E-state index in [0.29, 0.717) is 0 Å². The van der Waals surface area contributed by atoms with E-state index in [1.807, 2.05) is 0 Å². The van der Waals surface area contributed by atoms with Crippen LogP contribution in [0, 0.1) is 27.7 Å². The van der Waals surface area contributed by atoms with Crippen LogP contribution < -0.4 is 0 Å². The summed E-state index contributed by atoms with van der Waals surface area (Å²) in [6.07, 6.45) is 0. The third-order valence-corrected chi connectivity index (χ3v) is 9.57. The maximum Gasteiger partial charge on any atom is -0.00208 e. The number of hydrogen-bond acceptors (Lipinski definition) is 0. The van der Waals surface area contributed by atoms with Crippen molar-refractivity contribution in [1.82, 2.24) is 0 Å². The minimum atomic E-state index is 1.27. The Morgan fingerprint density at radius 1 is 0.318 bits per heavy atom. The molecule has 0 aliphatic carbocycles. The van der Waals surface area contributed by atoms with Crippen molar-refractivity contribution in [3.05, 3.63) is 156 Å². The molecule has 0 aliphatic rings. The molecular formula is C44H34. The zero-order valence-electron chi connectivity index (χ0n) is 25.7. The van der Waals surface area contributed by atoms with Crippen molar-refractivity contribution in [3.63, 3.8) is 0 Å². The second-order valence-corrected chi connectivity index (χ2v) is 12.3. The fourth-order valence-electron chi connectivity index (χ4n) is 7.74. The molecule has 44 heavy (non-hydrogen) atoms. The van der Waals surface area contributed by atoms with Gasteiger partial charge in [-0.05, 0) is 126 Å². The molecule has 0 saturated carbocycles. The van der Waals surface area contributed by atoms with Crippen molar-refractivity contribution in [3.8, 4) is 33.4 Å². The zero-order chi connectivity index (χ0) is 29.9. The monoisotopic (exact) mass is 562 g/mol. The average molecular weight is 563 g/mol. The molecule has 8 rings (SSSR count). The summed E-state index contributed by atoms with van der Waals surface area (Å²) < 4.78 is 0. The fraction of sp³-hybridized carbons (Fsp3) is 0.0909. The van der Waals surface area contributed by atoms with Gasteiger partial charge in [-0.3, -0.25) is 0 Å². The lowest BCUT2D eigenvalue weighted by molar-refractivity contribution is 1.39. The molecule has 0 unspecified atom stereocenters. The third-order valence-electron chi connectivity index (χ3n) is 9.57. The van der Waals surface area contributed by atoms with E-state index in [9.17, 15) is 0 Å². The Hall–Kier alpha value is -5.20. The second-order valence-electron chi connectivity index (χ2n) is 12.3. The molecule has 0 bridgehead atoms. The normalized spacial score (nSPS) is 11.6. The molecule has 0 fully saturated rings. The van der Waals surface area contributed by atoms with Gasteiger partial charge < -0.3 is 0 Å². The predicted molar refractivity (Wildman–Crippen MR) is 192 cm³/mol. The van der Waals surface area contributed by atoms with Gasteiger partial charge in [0.25, 0.3) is 0 Å². The maximum absolute atomic E-state index is 2.39. The SMILES string of the molecule is Cc1cc(-c2cccc3ccccc23)cc(C)c1-c1c2ccccc2c(-c2c(C)cc3ccccc3c2C)c2ccccc12. The van der Waals surface area contributed by atoms with Gasteiger partial charge in [0.15, 0.2) is 0 Å². The Balaban J connectivity index is 1.44. The molecule has 0 heteroatoms. The first kappa shape index (κ1) is 26.4. The van der Waals surface area contributed by atoms with Crippen molar-refractivity contribution in [2.45, 2.75) is 27.7 Å². The number of aryl methyl sites for hydroxylation is 4. The Labute approximate surface area is 259 Å². The number of fused-ring (bicyclic) bond motifs is 4. The van der Waals surface area contributed by atoms with Crippen LogP contribution in [0.1, 0.15) is 22.3 Å². The minimum Gasteiger partial charge on any atom is -0.0616 e. The van der Waals surface area contributed by atoms with E-state index in [0.717, 1.165) is 0 Å². The first-order valence-corrected chi connectivity index (χ1v) is 15.5. The lowest BCUT2D eigenvalue weighted by atomic mass is 9.80. The summed E-state index contributed by atoms with van der Waals surface area (Å²) in [7, 11) is 0. The number of benzene rings is 8. The van der Waals surface area contributed by atoms with Crippen molar-refractivity contribution >= 4 is 43.1 Å². The van der Waals surface area contributed by atoms with E-state index >= 15 is 0 Å². The molecule has 0 amide bonds. The average Bonchev–Trinajstić information content (AvgIpc) is 3.04. The van der Waals surface area contributed by atoms with E-state index in [1.54, 1.807) is 0 Å². The molecule has 0 saturated heterocycles. The highest BCUT2D eigenvalue weighted by Gasteiger charge is 2.22. The Bertz CT molecular complexity index is 2340. The Morgan fingerprint density at radius 2 is 0.750 bits per heavy atom. The van der Waals surface area contributed by atoms with Crippen LogP contribution in [0.2, 0.25) is 0 Å². The molecule has 0 spiro atoms. The van der Waals surface area contributed by atoms with Crippen LogP contribution in [-0.4, -0.2) is 0 Å². The summed E-state index contributed by atoms with van der Waals surface area (Å²) in [6.45, 7) is 9.13. The molecule has 0 N–H and O–H groups in total. The summed E-state index contributed by atoms with van der Waals surface area (Å²) in [5.74, 6) is 0. The van der Waals surface area contributed by atoms with Gasteiger partial charge in [0.1, 0.15) is 0 Å². The van der Waals surface area contributed by atoms with Crippen LogP contribution in [0.25, 0.3) is 76.5 Å². The Kier molecular flexibility index (Phi) is 6.13. The molecule has 0 aromatic heterocycles. The topological polar surface area (TPSA) is 0 Å². The highest BCUT2D eigenvalue weighted by Crippen LogP contribution is 2.48. The van der Waals surface area contributed by atoms with Gasteiger partial charge in [-0.25, -0.2) is 0 Å². The van der Waals surface area contributed by atoms with E-state index in [-0.39, 0.29) is 0 Å².